The van der Waals surface area contributed by atoms with E-state index in [4.69, 9.17) is 4.74 Å². The van der Waals surface area contributed by atoms with E-state index in [9.17, 15) is 32.7 Å². The van der Waals surface area contributed by atoms with Crippen molar-refractivity contribution in [3.63, 3.8) is 0 Å². The molecule has 1 aliphatic heterocycles. The molecule has 5 nitrogen and oxygen atoms in total. The Labute approximate surface area is 166 Å². The number of allylic oxidation sites excluding steroid dienone is 2. The van der Waals surface area contributed by atoms with E-state index in [1.54, 1.807) is 25.7 Å². The summed E-state index contributed by atoms with van der Waals surface area (Å²) in [7, 11) is 1.42. The highest BCUT2D eigenvalue weighted by Gasteiger charge is 2.55. The van der Waals surface area contributed by atoms with Crippen LogP contribution in [0.2, 0.25) is 0 Å². The highest BCUT2D eigenvalue weighted by atomic mass is 19.4. The van der Waals surface area contributed by atoms with Crippen molar-refractivity contribution in [2.24, 2.45) is 11.3 Å². The summed E-state index contributed by atoms with van der Waals surface area (Å²) in [5.74, 6) is -4.28. The summed E-state index contributed by atoms with van der Waals surface area (Å²) in [4.78, 5) is 14.0. The summed E-state index contributed by atoms with van der Waals surface area (Å²) < 4.78 is 58.8. The Kier molecular flexibility index (Phi) is 6.28. The van der Waals surface area contributed by atoms with Gasteiger partial charge < -0.3 is 14.7 Å². The van der Waals surface area contributed by atoms with E-state index in [2.05, 4.69) is 0 Å². The lowest BCUT2D eigenvalue weighted by molar-refractivity contribution is -0.156. The second kappa shape index (κ2) is 8.03. The van der Waals surface area contributed by atoms with Gasteiger partial charge in [0.2, 0.25) is 0 Å². The third kappa shape index (κ3) is 3.81. The smallest absolute Gasteiger partial charge is 0.416 e. The molecule has 9 heteroatoms. The molecule has 0 aromatic heterocycles. The predicted octanol–water partition coefficient (Wildman–Crippen LogP) is 4.37. The van der Waals surface area contributed by atoms with Gasteiger partial charge in [-0.3, -0.25) is 4.79 Å². The van der Waals surface area contributed by atoms with Crippen LogP contribution in [0.3, 0.4) is 0 Å². The van der Waals surface area contributed by atoms with Crippen LogP contribution in [0.25, 0.3) is 0 Å². The molecule has 2 rings (SSSR count). The molecule has 0 amide bonds. The molecule has 1 N–H and O–H groups in total. The second-order valence-electron chi connectivity index (χ2n) is 7.39. The summed E-state index contributed by atoms with van der Waals surface area (Å²) >= 11 is 0. The Morgan fingerprint density at radius 1 is 1.45 bits per heavy atom. The predicted molar refractivity (Wildman–Crippen MR) is 95.9 cm³/mol. The SMILES string of the molecule is COCN1CC(C(=O)O)(C(C)C)C(c2ccc(C(F)(F)F)cc2F)C(C#N)=C1C. The third-order valence-electron chi connectivity index (χ3n) is 5.59. The molecule has 1 aliphatic rings. The van der Waals surface area contributed by atoms with Crippen LogP contribution in [0.5, 0.6) is 0 Å². The van der Waals surface area contributed by atoms with Gasteiger partial charge in [-0.1, -0.05) is 19.9 Å². The van der Waals surface area contributed by atoms with Crippen molar-refractivity contribution >= 4 is 5.97 Å². The summed E-state index contributed by atoms with van der Waals surface area (Å²) in [6.07, 6.45) is -4.74. The minimum Gasteiger partial charge on any atom is -0.481 e. The maximum absolute atomic E-state index is 14.9. The van der Waals surface area contributed by atoms with Crippen LogP contribution in [0.1, 0.15) is 37.8 Å². The van der Waals surface area contributed by atoms with Crippen LogP contribution >= 0.6 is 0 Å². The van der Waals surface area contributed by atoms with E-state index in [1.165, 1.54) is 7.11 Å². The lowest BCUT2D eigenvalue weighted by atomic mass is 9.60. The number of ether oxygens (including phenoxy) is 1. The number of aliphatic carboxylic acids is 1. The zero-order valence-corrected chi connectivity index (χ0v) is 16.5. The molecular formula is C20H22F4N2O3. The van der Waals surface area contributed by atoms with Crippen molar-refractivity contribution in [3.05, 3.63) is 46.4 Å². The maximum Gasteiger partial charge on any atom is 0.416 e. The van der Waals surface area contributed by atoms with Crippen molar-refractivity contribution in [2.45, 2.75) is 32.9 Å². The number of rotatable bonds is 5. The van der Waals surface area contributed by atoms with Crippen LogP contribution in [0, 0.1) is 28.5 Å². The van der Waals surface area contributed by atoms with Gasteiger partial charge in [0.15, 0.2) is 0 Å². The Balaban J connectivity index is 2.82. The van der Waals surface area contributed by atoms with Gasteiger partial charge in [-0.25, -0.2) is 4.39 Å². The van der Waals surface area contributed by atoms with Gasteiger partial charge >= 0.3 is 12.1 Å². The fourth-order valence-corrected chi connectivity index (χ4v) is 3.93. The van der Waals surface area contributed by atoms with Crippen molar-refractivity contribution in [1.82, 2.24) is 4.90 Å². The van der Waals surface area contributed by atoms with Crippen LogP contribution in [0.4, 0.5) is 17.6 Å². The molecular weight excluding hydrogens is 392 g/mol. The van der Waals surface area contributed by atoms with Gasteiger partial charge in [-0.2, -0.15) is 18.4 Å². The van der Waals surface area contributed by atoms with Crippen LogP contribution in [-0.2, 0) is 15.7 Å². The van der Waals surface area contributed by atoms with Crippen molar-refractivity contribution < 1.29 is 32.2 Å². The number of alkyl halides is 3. The Hall–Kier alpha value is -2.60. The molecule has 0 bridgehead atoms. The first kappa shape index (κ1) is 22.7. The quantitative estimate of drug-likeness (QED) is 0.725. The van der Waals surface area contributed by atoms with Crippen molar-refractivity contribution in [1.29, 1.82) is 5.26 Å². The number of benzene rings is 1. The molecule has 2 unspecified atom stereocenters. The van der Waals surface area contributed by atoms with E-state index < -0.39 is 40.8 Å². The van der Waals surface area contributed by atoms with E-state index in [0.717, 1.165) is 6.07 Å². The second-order valence-corrected chi connectivity index (χ2v) is 7.39. The molecule has 1 aromatic rings. The monoisotopic (exact) mass is 414 g/mol. The highest BCUT2D eigenvalue weighted by Crippen LogP contribution is 2.52. The largest absolute Gasteiger partial charge is 0.481 e. The Bertz CT molecular complexity index is 873. The average molecular weight is 414 g/mol. The molecule has 1 aromatic carbocycles. The molecule has 29 heavy (non-hydrogen) atoms. The summed E-state index contributed by atoms with van der Waals surface area (Å²) in [5.41, 5.74) is -2.69. The van der Waals surface area contributed by atoms with E-state index in [0.29, 0.717) is 17.8 Å². The minimum atomic E-state index is -4.74. The molecule has 158 valence electrons. The first-order chi connectivity index (χ1) is 13.4. The molecule has 2 atom stereocenters. The van der Waals surface area contributed by atoms with Gasteiger partial charge in [-0.15, -0.1) is 0 Å². The van der Waals surface area contributed by atoms with E-state index in [1.807, 2.05) is 6.07 Å². The number of halogens is 4. The number of methoxy groups -OCH3 is 1. The van der Waals surface area contributed by atoms with Gasteiger partial charge in [0.05, 0.1) is 22.6 Å². The first-order valence-corrected chi connectivity index (χ1v) is 8.86. The maximum atomic E-state index is 14.9. The highest BCUT2D eigenvalue weighted by molar-refractivity contribution is 5.79. The van der Waals surface area contributed by atoms with E-state index >= 15 is 0 Å². The number of nitrogens with zero attached hydrogens (tertiary/aromatic N) is 2. The topological polar surface area (TPSA) is 73.6 Å². The molecule has 0 saturated heterocycles. The van der Waals surface area contributed by atoms with Gasteiger partial charge in [0.25, 0.3) is 0 Å². The van der Waals surface area contributed by atoms with Crippen LogP contribution < -0.4 is 0 Å². The molecule has 0 radical (unpaired) electrons. The molecule has 0 fully saturated rings. The normalized spacial score (nSPS) is 22.8. The first-order valence-electron chi connectivity index (χ1n) is 8.86. The number of hydrogen-bond donors (Lipinski definition) is 1. The van der Waals surface area contributed by atoms with Gasteiger partial charge in [0.1, 0.15) is 12.5 Å². The van der Waals surface area contributed by atoms with Gasteiger partial charge in [0, 0.05) is 25.3 Å². The average Bonchev–Trinajstić information content (AvgIpc) is 2.62. The third-order valence-corrected chi connectivity index (χ3v) is 5.59. The zero-order valence-electron chi connectivity index (χ0n) is 16.5. The Morgan fingerprint density at radius 2 is 2.07 bits per heavy atom. The van der Waals surface area contributed by atoms with Gasteiger partial charge in [-0.05, 0) is 30.5 Å². The number of carbonyl (C=O) groups is 1. The number of carboxylic acids is 1. The van der Waals surface area contributed by atoms with Crippen LogP contribution in [0.15, 0.2) is 29.5 Å². The van der Waals surface area contributed by atoms with Crippen molar-refractivity contribution in [3.8, 4) is 6.07 Å². The molecule has 1 heterocycles. The Morgan fingerprint density at radius 3 is 2.48 bits per heavy atom. The number of hydrogen-bond acceptors (Lipinski definition) is 4. The fraction of sp³-hybridized carbons (Fsp3) is 0.500. The number of nitriles is 1. The van der Waals surface area contributed by atoms with E-state index in [-0.39, 0.29) is 24.4 Å². The number of carboxylic acid groups (broad SMARTS) is 1. The zero-order chi connectivity index (χ0) is 22.1. The van der Waals surface area contributed by atoms with Crippen LogP contribution in [-0.4, -0.2) is 36.4 Å². The standard InChI is InChI=1S/C20H22F4N2O3/c1-11(2)19(18(27)28)9-26(10-29-4)12(3)15(8-25)17(19)14-6-5-13(7-16(14)21)20(22,23)24/h5-7,11,17H,9-10H2,1-4H3,(H,27,28). The van der Waals surface area contributed by atoms with Crippen molar-refractivity contribution in [2.75, 3.05) is 20.4 Å². The summed E-state index contributed by atoms with van der Waals surface area (Å²) in [6.45, 7) is 4.77. The minimum absolute atomic E-state index is 0.0111. The lowest BCUT2D eigenvalue weighted by Crippen LogP contribution is -2.54. The molecule has 0 spiro atoms. The fourth-order valence-electron chi connectivity index (χ4n) is 3.93. The molecule has 0 saturated carbocycles. The molecule has 0 aliphatic carbocycles. The summed E-state index contributed by atoms with van der Waals surface area (Å²) in [5, 5.41) is 19.9. The lowest BCUT2D eigenvalue weighted by Gasteiger charge is -2.48. The summed E-state index contributed by atoms with van der Waals surface area (Å²) in [6, 6.07) is 3.93.